The number of rotatable bonds is 3. The number of hydrogen-bond donors (Lipinski definition) is 0. The average Bonchev–Trinajstić information content (AvgIpc) is 2.37. The van der Waals surface area contributed by atoms with Crippen LogP contribution in [0.3, 0.4) is 0 Å². The van der Waals surface area contributed by atoms with Gasteiger partial charge in [0.05, 0.1) is 12.8 Å². The summed E-state index contributed by atoms with van der Waals surface area (Å²) in [6.45, 7) is 5.05. The maximum absolute atomic E-state index is 12.2. The van der Waals surface area contributed by atoms with Crippen molar-refractivity contribution in [3.05, 3.63) is 23.8 Å². The predicted octanol–water partition coefficient (Wildman–Crippen LogP) is 3.02. The zero-order chi connectivity index (χ0) is 13.1. The number of amides is 1. The number of carbonyl (C=O) groups is 1. The van der Waals surface area contributed by atoms with Crippen LogP contribution in [0.4, 0.5) is 5.69 Å². The van der Waals surface area contributed by atoms with Crippen LogP contribution in [0.1, 0.15) is 32.3 Å². The molecule has 0 saturated carbocycles. The molecule has 1 unspecified atom stereocenters. The Morgan fingerprint density at radius 3 is 2.94 bits per heavy atom. The molecule has 1 heterocycles. The van der Waals surface area contributed by atoms with Gasteiger partial charge in [0.2, 0.25) is 5.91 Å². The van der Waals surface area contributed by atoms with Crippen LogP contribution in [-0.4, -0.2) is 19.6 Å². The molecule has 18 heavy (non-hydrogen) atoms. The van der Waals surface area contributed by atoms with Crippen molar-refractivity contribution in [2.75, 3.05) is 18.6 Å². The van der Waals surface area contributed by atoms with Crippen molar-refractivity contribution in [2.24, 2.45) is 5.92 Å². The van der Waals surface area contributed by atoms with Gasteiger partial charge in [-0.25, -0.2) is 0 Å². The molecule has 1 aliphatic rings. The molecule has 3 heteroatoms. The summed E-state index contributed by atoms with van der Waals surface area (Å²) < 4.78 is 5.26. The molecule has 98 valence electrons. The summed E-state index contributed by atoms with van der Waals surface area (Å²) in [5, 5.41) is 0. The van der Waals surface area contributed by atoms with Gasteiger partial charge in [-0.15, -0.1) is 0 Å². The molecule has 0 aromatic heterocycles. The van der Waals surface area contributed by atoms with Crippen molar-refractivity contribution < 1.29 is 9.53 Å². The van der Waals surface area contributed by atoms with Crippen molar-refractivity contribution in [3.8, 4) is 5.75 Å². The molecule has 2 rings (SSSR count). The molecule has 1 atom stereocenters. The Bertz CT molecular complexity index is 442. The van der Waals surface area contributed by atoms with Crippen LogP contribution in [0.2, 0.25) is 0 Å². The molecular weight excluding hydrogens is 226 g/mol. The van der Waals surface area contributed by atoms with E-state index in [2.05, 4.69) is 13.0 Å². The van der Waals surface area contributed by atoms with Gasteiger partial charge >= 0.3 is 0 Å². The minimum atomic E-state index is 0.221. The molecule has 1 aromatic rings. The lowest BCUT2D eigenvalue weighted by Gasteiger charge is -2.33. The SMILES string of the molecule is CCCC(=O)N1CC(C)Cc2ccc(OC)cc21. The highest BCUT2D eigenvalue weighted by Crippen LogP contribution is 2.33. The van der Waals surface area contributed by atoms with Crippen LogP contribution in [0.15, 0.2) is 18.2 Å². The van der Waals surface area contributed by atoms with E-state index in [0.717, 1.165) is 30.8 Å². The van der Waals surface area contributed by atoms with Crippen LogP contribution < -0.4 is 9.64 Å². The van der Waals surface area contributed by atoms with Gasteiger partial charge in [-0.1, -0.05) is 19.9 Å². The van der Waals surface area contributed by atoms with Gasteiger partial charge in [0.1, 0.15) is 5.75 Å². The molecule has 1 amide bonds. The van der Waals surface area contributed by atoms with E-state index in [1.165, 1.54) is 5.56 Å². The molecule has 0 aliphatic carbocycles. The molecule has 0 radical (unpaired) electrons. The minimum Gasteiger partial charge on any atom is -0.497 e. The Morgan fingerprint density at radius 2 is 2.28 bits per heavy atom. The number of carbonyl (C=O) groups excluding carboxylic acids is 1. The third kappa shape index (κ3) is 2.50. The fraction of sp³-hybridized carbons (Fsp3) is 0.533. The molecule has 0 fully saturated rings. The smallest absolute Gasteiger partial charge is 0.226 e. The maximum Gasteiger partial charge on any atom is 0.226 e. The first-order valence-corrected chi connectivity index (χ1v) is 6.63. The summed E-state index contributed by atoms with van der Waals surface area (Å²) >= 11 is 0. The van der Waals surface area contributed by atoms with Crippen LogP contribution in [0.5, 0.6) is 5.75 Å². The van der Waals surface area contributed by atoms with Gasteiger partial charge in [0.25, 0.3) is 0 Å². The van der Waals surface area contributed by atoms with Crippen molar-refractivity contribution in [1.82, 2.24) is 0 Å². The van der Waals surface area contributed by atoms with Gasteiger partial charge in [0, 0.05) is 19.0 Å². The molecule has 3 nitrogen and oxygen atoms in total. The minimum absolute atomic E-state index is 0.221. The first-order valence-electron chi connectivity index (χ1n) is 6.63. The van der Waals surface area contributed by atoms with E-state index in [1.807, 2.05) is 24.0 Å². The standard InChI is InChI=1S/C15H21NO2/c1-4-5-15(17)16-10-11(2)8-12-6-7-13(18-3)9-14(12)16/h6-7,9,11H,4-5,8,10H2,1-3H3. The van der Waals surface area contributed by atoms with E-state index in [1.54, 1.807) is 7.11 Å². The fourth-order valence-electron chi connectivity index (χ4n) is 2.53. The lowest BCUT2D eigenvalue weighted by molar-refractivity contribution is -0.118. The highest BCUT2D eigenvalue weighted by molar-refractivity contribution is 5.94. The summed E-state index contributed by atoms with van der Waals surface area (Å²) in [6.07, 6.45) is 2.54. The molecule has 1 aromatic carbocycles. The molecule has 0 spiro atoms. The number of benzene rings is 1. The quantitative estimate of drug-likeness (QED) is 0.821. The largest absolute Gasteiger partial charge is 0.497 e. The van der Waals surface area contributed by atoms with Gasteiger partial charge in [-0.3, -0.25) is 4.79 Å². The fourth-order valence-corrected chi connectivity index (χ4v) is 2.53. The molecule has 1 aliphatic heterocycles. The Morgan fingerprint density at radius 1 is 1.50 bits per heavy atom. The second-order valence-corrected chi connectivity index (χ2v) is 5.06. The van der Waals surface area contributed by atoms with E-state index in [0.29, 0.717) is 12.3 Å². The second-order valence-electron chi connectivity index (χ2n) is 5.06. The van der Waals surface area contributed by atoms with Gasteiger partial charge < -0.3 is 9.64 Å². The number of methoxy groups -OCH3 is 1. The zero-order valence-corrected chi connectivity index (χ0v) is 11.4. The van der Waals surface area contributed by atoms with Gasteiger partial charge in [0.15, 0.2) is 0 Å². The van der Waals surface area contributed by atoms with Crippen molar-refractivity contribution >= 4 is 11.6 Å². The number of nitrogens with zero attached hydrogens (tertiary/aromatic N) is 1. The summed E-state index contributed by atoms with van der Waals surface area (Å²) in [4.78, 5) is 14.1. The van der Waals surface area contributed by atoms with E-state index in [-0.39, 0.29) is 5.91 Å². The Hall–Kier alpha value is -1.51. The van der Waals surface area contributed by atoms with Crippen LogP contribution in [-0.2, 0) is 11.2 Å². The van der Waals surface area contributed by atoms with Crippen LogP contribution in [0, 0.1) is 5.92 Å². The monoisotopic (exact) mass is 247 g/mol. The van der Waals surface area contributed by atoms with Crippen molar-refractivity contribution in [2.45, 2.75) is 33.1 Å². The number of anilines is 1. The summed E-state index contributed by atoms with van der Waals surface area (Å²) in [5.74, 6) is 1.56. The first kappa shape index (κ1) is 12.9. The van der Waals surface area contributed by atoms with E-state index in [9.17, 15) is 4.79 Å². The zero-order valence-electron chi connectivity index (χ0n) is 11.4. The lowest BCUT2D eigenvalue weighted by Crippen LogP contribution is -2.39. The second kappa shape index (κ2) is 5.42. The summed E-state index contributed by atoms with van der Waals surface area (Å²) in [5.41, 5.74) is 2.28. The first-order chi connectivity index (χ1) is 8.65. The maximum atomic E-state index is 12.2. The number of fused-ring (bicyclic) bond motifs is 1. The van der Waals surface area contributed by atoms with Gasteiger partial charge in [-0.05, 0) is 30.4 Å². The van der Waals surface area contributed by atoms with Crippen LogP contribution >= 0.6 is 0 Å². The number of ether oxygens (including phenoxy) is 1. The van der Waals surface area contributed by atoms with Gasteiger partial charge in [-0.2, -0.15) is 0 Å². The highest BCUT2D eigenvalue weighted by atomic mass is 16.5. The Labute approximate surface area is 109 Å². The Balaban J connectivity index is 2.36. The molecule has 0 N–H and O–H groups in total. The number of hydrogen-bond acceptors (Lipinski definition) is 2. The summed E-state index contributed by atoms with van der Waals surface area (Å²) in [6, 6.07) is 6.03. The molecular formula is C15H21NO2. The highest BCUT2D eigenvalue weighted by Gasteiger charge is 2.26. The van der Waals surface area contributed by atoms with E-state index in [4.69, 9.17) is 4.74 Å². The average molecular weight is 247 g/mol. The van der Waals surface area contributed by atoms with E-state index >= 15 is 0 Å². The topological polar surface area (TPSA) is 29.5 Å². The third-order valence-corrected chi connectivity index (χ3v) is 3.41. The van der Waals surface area contributed by atoms with Crippen LogP contribution in [0.25, 0.3) is 0 Å². The normalized spacial score (nSPS) is 18.4. The lowest BCUT2D eigenvalue weighted by atomic mass is 9.93. The van der Waals surface area contributed by atoms with E-state index < -0.39 is 0 Å². The third-order valence-electron chi connectivity index (χ3n) is 3.41. The summed E-state index contributed by atoms with van der Waals surface area (Å²) in [7, 11) is 1.66. The van der Waals surface area contributed by atoms with Crippen molar-refractivity contribution in [3.63, 3.8) is 0 Å². The Kier molecular flexibility index (Phi) is 3.90. The predicted molar refractivity (Wildman–Crippen MR) is 73.1 cm³/mol. The molecule has 0 bridgehead atoms. The molecule has 0 saturated heterocycles. The van der Waals surface area contributed by atoms with Crippen molar-refractivity contribution in [1.29, 1.82) is 0 Å².